The number of aliphatic hydroxyl groups is 1. The third-order valence-electron chi connectivity index (χ3n) is 4.88. The molecule has 5 nitrogen and oxygen atoms in total. The van der Waals surface area contributed by atoms with Gasteiger partial charge in [-0.1, -0.05) is 6.92 Å². The molecule has 0 spiro atoms. The first-order chi connectivity index (χ1) is 11.4. The summed E-state index contributed by atoms with van der Waals surface area (Å²) in [5.41, 5.74) is 1.80. The highest BCUT2D eigenvalue weighted by atomic mass is 16.3. The monoisotopic (exact) mass is 333 g/mol. The fourth-order valence-electron chi connectivity index (χ4n) is 3.14. The van der Waals surface area contributed by atoms with E-state index in [1.54, 1.807) is 6.92 Å². The fraction of sp³-hybridized carbons (Fsp3) is 0.632. The average molecular weight is 333 g/mol. The molecule has 1 fully saturated rings. The van der Waals surface area contributed by atoms with Crippen LogP contribution in [0.4, 0.5) is 5.69 Å². The Morgan fingerprint density at radius 2 is 1.71 bits per heavy atom. The molecule has 5 heteroatoms. The van der Waals surface area contributed by atoms with E-state index in [1.165, 1.54) is 0 Å². The first kappa shape index (κ1) is 18.7. The van der Waals surface area contributed by atoms with Crippen LogP contribution in [-0.4, -0.2) is 60.3 Å². The van der Waals surface area contributed by atoms with Crippen LogP contribution in [0.3, 0.4) is 0 Å². The fourth-order valence-corrected chi connectivity index (χ4v) is 3.14. The molecule has 0 bridgehead atoms. The van der Waals surface area contributed by atoms with Crippen molar-refractivity contribution < 1.29 is 9.90 Å². The van der Waals surface area contributed by atoms with Crippen molar-refractivity contribution in [3.8, 4) is 0 Å². The molecule has 0 radical (unpaired) electrons. The van der Waals surface area contributed by atoms with E-state index in [4.69, 9.17) is 0 Å². The molecular weight excluding hydrogens is 302 g/mol. The maximum absolute atomic E-state index is 12.3. The molecule has 1 heterocycles. The third kappa shape index (κ3) is 4.71. The summed E-state index contributed by atoms with van der Waals surface area (Å²) in [6.45, 7) is 12.3. The minimum Gasteiger partial charge on any atom is -0.391 e. The van der Waals surface area contributed by atoms with Crippen LogP contribution < -0.4 is 10.2 Å². The maximum atomic E-state index is 12.3. The zero-order valence-corrected chi connectivity index (χ0v) is 15.3. The molecule has 1 aliphatic rings. The summed E-state index contributed by atoms with van der Waals surface area (Å²) in [6, 6.07) is 8.16. The molecule has 0 saturated carbocycles. The summed E-state index contributed by atoms with van der Waals surface area (Å²) in [5, 5.41) is 12.5. The molecule has 0 aromatic heterocycles. The number of piperazine rings is 1. The molecular formula is C19H31N3O2. The van der Waals surface area contributed by atoms with Gasteiger partial charge in [0.1, 0.15) is 0 Å². The lowest BCUT2D eigenvalue weighted by atomic mass is 10.1. The quantitative estimate of drug-likeness (QED) is 0.837. The highest BCUT2D eigenvalue weighted by Gasteiger charge is 2.20. The number of aliphatic hydroxyl groups excluding tert-OH is 1. The number of nitrogens with zero attached hydrogens (tertiary/aromatic N) is 2. The van der Waals surface area contributed by atoms with Crippen LogP contribution in [-0.2, 0) is 0 Å². The molecule has 2 rings (SSSR count). The molecule has 24 heavy (non-hydrogen) atoms. The minimum absolute atomic E-state index is 0.126. The smallest absolute Gasteiger partial charge is 0.251 e. The molecule has 2 unspecified atom stereocenters. The van der Waals surface area contributed by atoms with Gasteiger partial charge in [-0.2, -0.15) is 0 Å². The molecule has 0 aliphatic carbocycles. The van der Waals surface area contributed by atoms with Crippen LogP contribution in [0, 0.1) is 0 Å². The molecule has 1 amide bonds. The first-order valence-corrected chi connectivity index (χ1v) is 9.00. The second-order valence-corrected chi connectivity index (χ2v) is 6.89. The number of rotatable bonds is 6. The lowest BCUT2D eigenvalue weighted by Crippen LogP contribution is -2.48. The van der Waals surface area contributed by atoms with Gasteiger partial charge in [0.05, 0.1) is 12.1 Å². The average Bonchev–Trinajstić information content (AvgIpc) is 2.59. The Hall–Kier alpha value is -1.59. The van der Waals surface area contributed by atoms with Crippen LogP contribution in [0.15, 0.2) is 24.3 Å². The van der Waals surface area contributed by atoms with Gasteiger partial charge in [0.15, 0.2) is 0 Å². The predicted molar refractivity (Wildman–Crippen MR) is 98.6 cm³/mol. The van der Waals surface area contributed by atoms with Crippen LogP contribution in [0.2, 0.25) is 0 Å². The second-order valence-electron chi connectivity index (χ2n) is 6.89. The zero-order chi connectivity index (χ0) is 17.7. The van der Waals surface area contributed by atoms with Crippen LogP contribution in [0.25, 0.3) is 0 Å². The van der Waals surface area contributed by atoms with E-state index >= 15 is 0 Å². The number of hydrogen-bond donors (Lipinski definition) is 2. The van der Waals surface area contributed by atoms with Gasteiger partial charge in [-0.3, -0.25) is 9.69 Å². The number of benzene rings is 1. The minimum atomic E-state index is -0.546. The highest BCUT2D eigenvalue weighted by Crippen LogP contribution is 2.18. The highest BCUT2D eigenvalue weighted by molar-refractivity contribution is 5.94. The molecule has 2 N–H and O–H groups in total. The Morgan fingerprint density at radius 3 is 2.17 bits per heavy atom. The Morgan fingerprint density at radius 1 is 1.12 bits per heavy atom. The number of anilines is 1. The molecule has 2 atom stereocenters. The largest absolute Gasteiger partial charge is 0.391 e. The van der Waals surface area contributed by atoms with Crippen molar-refractivity contribution in [2.75, 3.05) is 31.1 Å². The normalized spacial score (nSPS) is 18.5. The summed E-state index contributed by atoms with van der Waals surface area (Å²) in [7, 11) is 0. The van der Waals surface area contributed by atoms with E-state index in [0.29, 0.717) is 18.0 Å². The lowest BCUT2D eigenvalue weighted by Gasteiger charge is -2.38. The van der Waals surface area contributed by atoms with Crippen molar-refractivity contribution >= 4 is 11.6 Å². The van der Waals surface area contributed by atoms with E-state index in [-0.39, 0.29) is 11.9 Å². The van der Waals surface area contributed by atoms with Crippen LogP contribution in [0.1, 0.15) is 44.5 Å². The standard InChI is InChI=1S/C19H31N3O2/c1-5-18(15(4)23)20-19(24)16-6-8-17(9-7-16)22-12-10-21(11-13-22)14(2)3/h6-9,14-15,18,23H,5,10-13H2,1-4H3,(H,20,24). The Labute approximate surface area is 145 Å². The number of carbonyl (C=O) groups excluding carboxylic acids is 1. The van der Waals surface area contributed by atoms with Gasteiger partial charge in [0.25, 0.3) is 5.91 Å². The number of amides is 1. The van der Waals surface area contributed by atoms with Gasteiger partial charge in [0.2, 0.25) is 0 Å². The topological polar surface area (TPSA) is 55.8 Å². The van der Waals surface area contributed by atoms with Gasteiger partial charge in [-0.05, 0) is 51.5 Å². The number of carbonyl (C=O) groups is 1. The van der Waals surface area contributed by atoms with E-state index in [9.17, 15) is 9.90 Å². The van der Waals surface area contributed by atoms with E-state index in [1.807, 2.05) is 31.2 Å². The Balaban J connectivity index is 1.94. The number of hydrogen-bond acceptors (Lipinski definition) is 4. The maximum Gasteiger partial charge on any atom is 0.251 e. The molecule has 134 valence electrons. The number of nitrogens with one attached hydrogen (secondary N) is 1. The van der Waals surface area contributed by atoms with Crippen molar-refractivity contribution in [3.05, 3.63) is 29.8 Å². The molecule has 1 saturated heterocycles. The van der Waals surface area contributed by atoms with Crippen LogP contribution in [0.5, 0.6) is 0 Å². The predicted octanol–water partition coefficient (Wildman–Crippen LogP) is 2.11. The zero-order valence-electron chi connectivity index (χ0n) is 15.3. The van der Waals surface area contributed by atoms with Gasteiger partial charge >= 0.3 is 0 Å². The molecule has 1 aromatic rings. The molecule has 1 aromatic carbocycles. The summed E-state index contributed by atoms with van der Waals surface area (Å²) >= 11 is 0. The van der Waals surface area contributed by atoms with Crippen molar-refractivity contribution in [1.29, 1.82) is 0 Å². The van der Waals surface area contributed by atoms with Gasteiger partial charge in [0, 0.05) is 43.5 Å². The van der Waals surface area contributed by atoms with E-state index in [2.05, 4.69) is 29.0 Å². The Bertz CT molecular complexity index is 520. The summed E-state index contributed by atoms with van der Waals surface area (Å²) in [5.74, 6) is -0.126. The van der Waals surface area contributed by atoms with E-state index < -0.39 is 6.10 Å². The van der Waals surface area contributed by atoms with Gasteiger partial charge < -0.3 is 15.3 Å². The second kappa shape index (κ2) is 8.49. The SMILES string of the molecule is CCC(NC(=O)c1ccc(N2CCN(C(C)C)CC2)cc1)C(C)O. The van der Waals surface area contributed by atoms with Crippen molar-refractivity contribution in [3.63, 3.8) is 0 Å². The van der Waals surface area contributed by atoms with Gasteiger partial charge in [-0.25, -0.2) is 0 Å². The summed E-state index contributed by atoms with van der Waals surface area (Å²) in [4.78, 5) is 17.1. The molecule has 1 aliphatic heterocycles. The van der Waals surface area contributed by atoms with Crippen molar-refractivity contribution in [1.82, 2.24) is 10.2 Å². The summed E-state index contributed by atoms with van der Waals surface area (Å²) in [6.07, 6.45) is 0.164. The lowest BCUT2D eigenvalue weighted by molar-refractivity contribution is 0.0855. The van der Waals surface area contributed by atoms with Gasteiger partial charge in [-0.15, -0.1) is 0 Å². The van der Waals surface area contributed by atoms with E-state index in [0.717, 1.165) is 31.9 Å². The third-order valence-corrected chi connectivity index (χ3v) is 4.88. The van der Waals surface area contributed by atoms with Crippen molar-refractivity contribution in [2.45, 2.75) is 52.3 Å². The van der Waals surface area contributed by atoms with Crippen LogP contribution >= 0.6 is 0 Å². The Kier molecular flexibility index (Phi) is 6.63. The van der Waals surface area contributed by atoms with Crippen molar-refractivity contribution in [2.24, 2.45) is 0 Å². The first-order valence-electron chi connectivity index (χ1n) is 9.00. The summed E-state index contributed by atoms with van der Waals surface area (Å²) < 4.78 is 0.